The van der Waals surface area contributed by atoms with Crippen molar-refractivity contribution in [1.29, 1.82) is 0 Å². The molecule has 0 aliphatic carbocycles. The van der Waals surface area contributed by atoms with Crippen LogP contribution < -0.4 is 14.2 Å². The number of fused-ring (bicyclic) bond motifs is 1. The number of nitrogens with zero attached hydrogens (tertiary/aromatic N) is 2. The first-order valence-corrected chi connectivity index (χ1v) is 10.1. The van der Waals surface area contributed by atoms with Crippen molar-refractivity contribution in [2.24, 2.45) is 0 Å². The lowest BCUT2D eigenvalue weighted by atomic mass is 10.2. The number of methoxy groups -OCH3 is 2. The van der Waals surface area contributed by atoms with Crippen molar-refractivity contribution in [3.63, 3.8) is 0 Å². The summed E-state index contributed by atoms with van der Waals surface area (Å²) in [6, 6.07) is 15.3. The molecule has 2 heterocycles. The first kappa shape index (κ1) is 20.1. The third kappa shape index (κ3) is 4.36. The number of ether oxygens (including phenoxy) is 3. The van der Waals surface area contributed by atoms with Gasteiger partial charge in [0.2, 0.25) is 0 Å². The summed E-state index contributed by atoms with van der Waals surface area (Å²) in [7, 11) is 3.28. The van der Waals surface area contributed by atoms with Crippen LogP contribution in [-0.2, 0) is 0 Å². The zero-order valence-corrected chi connectivity index (χ0v) is 17.4. The zero-order chi connectivity index (χ0) is 20.9. The first-order valence-electron chi connectivity index (χ1n) is 10.1. The minimum Gasteiger partial charge on any atom is -0.497 e. The minimum atomic E-state index is 0.0283. The highest BCUT2D eigenvalue weighted by molar-refractivity contribution is 5.99. The standard InChI is InChI=1S/C23H27N3O4/c1-28-18-6-4-7-19(16-18)30-14-13-25-9-11-26(12-10-25)23(27)20-15-17-5-3-8-21(29-2)22(17)24-20/h3-8,15-16,24H,9-14H2,1-2H3. The van der Waals surface area contributed by atoms with Crippen molar-refractivity contribution in [2.75, 3.05) is 53.6 Å². The fourth-order valence-electron chi connectivity index (χ4n) is 3.74. The summed E-state index contributed by atoms with van der Waals surface area (Å²) in [5.74, 6) is 2.36. The number of carbonyl (C=O) groups excluding carboxylic acids is 1. The van der Waals surface area contributed by atoms with Crippen LogP contribution in [0.4, 0.5) is 0 Å². The SMILES string of the molecule is COc1cccc(OCCN2CCN(C(=O)c3cc4cccc(OC)c4[nH]3)CC2)c1. The lowest BCUT2D eigenvalue weighted by Gasteiger charge is -2.34. The average molecular weight is 409 g/mol. The van der Waals surface area contributed by atoms with Gasteiger partial charge in [0.15, 0.2) is 0 Å². The van der Waals surface area contributed by atoms with Crippen molar-refractivity contribution in [3.05, 3.63) is 54.2 Å². The average Bonchev–Trinajstić information content (AvgIpc) is 3.24. The van der Waals surface area contributed by atoms with Gasteiger partial charge in [0, 0.05) is 44.2 Å². The Balaban J connectivity index is 1.28. The number of rotatable bonds is 7. The van der Waals surface area contributed by atoms with Gasteiger partial charge in [-0.1, -0.05) is 18.2 Å². The van der Waals surface area contributed by atoms with Crippen LogP contribution in [0.25, 0.3) is 10.9 Å². The molecule has 7 nitrogen and oxygen atoms in total. The Bertz CT molecular complexity index is 1010. The van der Waals surface area contributed by atoms with Crippen molar-refractivity contribution >= 4 is 16.8 Å². The van der Waals surface area contributed by atoms with E-state index in [1.54, 1.807) is 14.2 Å². The number of nitrogens with one attached hydrogen (secondary N) is 1. The molecule has 1 amide bonds. The van der Waals surface area contributed by atoms with Crippen molar-refractivity contribution in [3.8, 4) is 17.2 Å². The minimum absolute atomic E-state index is 0.0283. The van der Waals surface area contributed by atoms with Gasteiger partial charge in [0.05, 0.1) is 19.7 Å². The molecule has 0 saturated carbocycles. The molecule has 1 aliphatic rings. The third-order valence-corrected chi connectivity index (χ3v) is 5.45. The van der Waals surface area contributed by atoms with Gasteiger partial charge in [0.25, 0.3) is 5.91 Å². The molecule has 0 spiro atoms. The van der Waals surface area contributed by atoms with E-state index in [1.807, 2.05) is 53.4 Å². The molecular formula is C23H27N3O4. The second-order valence-electron chi connectivity index (χ2n) is 7.27. The van der Waals surface area contributed by atoms with Gasteiger partial charge in [-0.3, -0.25) is 9.69 Å². The van der Waals surface area contributed by atoms with E-state index in [-0.39, 0.29) is 5.91 Å². The molecule has 1 saturated heterocycles. The third-order valence-electron chi connectivity index (χ3n) is 5.45. The van der Waals surface area contributed by atoms with Gasteiger partial charge in [0.1, 0.15) is 29.5 Å². The summed E-state index contributed by atoms with van der Waals surface area (Å²) in [4.78, 5) is 20.4. The second kappa shape index (κ2) is 9.09. The van der Waals surface area contributed by atoms with E-state index in [4.69, 9.17) is 14.2 Å². The van der Waals surface area contributed by atoms with Gasteiger partial charge in [-0.25, -0.2) is 0 Å². The number of para-hydroxylation sites is 1. The van der Waals surface area contributed by atoms with Crippen LogP contribution in [0.15, 0.2) is 48.5 Å². The molecule has 30 heavy (non-hydrogen) atoms. The zero-order valence-electron chi connectivity index (χ0n) is 17.4. The predicted octanol–water partition coefficient (Wildman–Crippen LogP) is 3.02. The molecule has 0 bridgehead atoms. The lowest BCUT2D eigenvalue weighted by Crippen LogP contribution is -2.49. The largest absolute Gasteiger partial charge is 0.497 e. The van der Waals surface area contributed by atoms with Crippen LogP contribution in [0.1, 0.15) is 10.5 Å². The van der Waals surface area contributed by atoms with E-state index < -0.39 is 0 Å². The summed E-state index contributed by atoms with van der Waals surface area (Å²) in [5, 5.41) is 0.978. The molecule has 2 aromatic carbocycles. The number of hydrogen-bond donors (Lipinski definition) is 1. The number of amides is 1. The number of hydrogen-bond acceptors (Lipinski definition) is 5. The van der Waals surface area contributed by atoms with E-state index in [0.717, 1.165) is 47.8 Å². The molecule has 0 atom stereocenters. The van der Waals surface area contributed by atoms with Crippen molar-refractivity contribution in [1.82, 2.24) is 14.8 Å². The summed E-state index contributed by atoms with van der Waals surface area (Å²) in [6.45, 7) is 4.48. The fraction of sp³-hybridized carbons (Fsp3) is 0.348. The molecule has 0 unspecified atom stereocenters. The van der Waals surface area contributed by atoms with E-state index >= 15 is 0 Å². The quantitative estimate of drug-likeness (QED) is 0.650. The van der Waals surface area contributed by atoms with Crippen molar-refractivity contribution < 1.29 is 19.0 Å². The molecule has 1 aromatic heterocycles. The maximum atomic E-state index is 12.9. The van der Waals surface area contributed by atoms with Crippen molar-refractivity contribution in [2.45, 2.75) is 0 Å². The number of aromatic amines is 1. The Labute approximate surface area is 176 Å². The normalized spacial score (nSPS) is 14.7. The summed E-state index contributed by atoms with van der Waals surface area (Å²) in [6.07, 6.45) is 0. The maximum absolute atomic E-state index is 12.9. The predicted molar refractivity (Wildman–Crippen MR) is 116 cm³/mol. The van der Waals surface area contributed by atoms with Crippen LogP contribution in [-0.4, -0.2) is 74.2 Å². The summed E-state index contributed by atoms with van der Waals surface area (Å²) in [5.41, 5.74) is 1.46. The van der Waals surface area contributed by atoms with Gasteiger partial charge >= 0.3 is 0 Å². The van der Waals surface area contributed by atoms with Crippen LogP contribution in [0.2, 0.25) is 0 Å². The Morgan fingerprint density at radius 2 is 1.73 bits per heavy atom. The highest BCUT2D eigenvalue weighted by Crippen LogP contribution is 2.26. The second-order valence-corrected chi connectivity index (χ2v) is 7.27. The number of carbonyl (C=O) groups is 1. The van der Waals surface area contributed by atoms with E-state index in [0.29, 0.717) is 25.4 Å². The van der Waals surface area contributed by atoms with Crippen LogP contribution >= 0.6 is 0 Å². The fourth-order valence-corrected chi connectivity index (χ4v) is 3.74. The molecule has 1 fully saturated rings. The number of H-pyrrole nitrogens is 1. The number of piperazine rings is 1. The van der Waals surface area contributed by atoms with Gasteiger partial charge in [-0.15, -0.1) is 0 Å². The summed E-state index contributed by atoms with van der Waals surface area (Å²) >= 11 is 0. The Morgan fingerprint density at radius 3 is 2.50 bits per heavy atom. The highest BCUT2D eigenvalue weighted by atomic mass is 16.5. The molecule has 7 heteroatoms. The molecule has 1 aliphatic heterocycles. The lowest BCUT2D eigenvalue weighted by molar-refractivity contribution is 0.0615. The Hall–Kier alpha value is -3.19. The monoisotopic (exact) mass is 409 g/mol. The molecule has 158 valence electrons. The first-order chi connectivity index (χ1) is 14.7. The van der Waals surface area contributed by atoms with E-state index in [9.17, 15) is 4.79 Å². The van der Waals surface area contributed by atoms with E-state index in [2.05, 4.69) is 9.88 Å². The molecule has 1 N–H and O–H groups in total. The maximum Gasteiger partial charge on any atom is 0.270 e. The molecule has 4 rings (SSSR count). The molecular weight excluding hydrogens is 382 g/mol. The molecule has 0 radical (unpaired) electrons. The van der Waals surface area contributed by atoms with Crippen LogP contribution in [0.3, 0.4) is 0 Å². The number of aromatic nitrogens is 1. The van der Waals surface area contributed by atoms with Gasteiger partial charge in [-0.05, 0) is 24.3 Å². The smallest absolute Gasteiger partial charge is 0.270 e. The highest BCUT2D eigenvalue weighted by Gasteiger charge is 2.23. The van der Waals surface area contributed by atoms with Gasteiger partial charge in [-0.2, -0.15) is 0 Å². The van der Waals surface area contributed by atoms with Crippen LogP contribution in [0.5, 0.6) is 17.2 Å². The number of benzene rings is 2. The Kier molecular flexibility index (Phi) is 6.09. The Morgan fingerprint density at radius 1 is 0.967 bits per heavy atom. The summed E-state index contributed by atoms with van der Waals surface area (Å²) < 4.78 is 16.4. The van der Waals surface area contributed by atoms with Gasteiger partial charge < -0.3 is 24.1 Å². The topological polar surface area (TPSA) is 67.0 Å². The van der Waals surface area contributed by atoms with E-state index in [1.165, 1.54) is 0 Å². The molecule has 3 aromatic rings. The van der Waals surface area contributed by atoms with Crippen LogP contribution in [0, 0.1) is 0 Å².